The fourth-order valence-electron chi connectivity index (χ4n) is 3.37. The van der Waals surface area contributed by atoms with Gasteiger partial charge in [-0.1, -0.05) is 20.8 Å². The Balaban J connectivity index is 2.01. The molecule has 0 fully saturated rings. The lowest BCUT2D eigenvalue weighted by Gasteiger charge is -2.25. The smallest absolute Gasteiger partial charge is 0.259 e. The van der Waals surface area contributed by atoms with Crippen LogP contribution >= 0.6 is 0 Å². The lowest BCUT2D eigenvalue weighted by Crippen LogP contribution is -2.20. The first-order valence-corrected chi connectivity index (χ1v) is 10.3. The summed E-state index contributed by atoms with van der Waals surface area (Å²) < 4.78 is 10.9. The number of hydrogen-bond donors (Lipinski definition) is 3. The van der Waals surface area contributed by atoms with Gasteiger partial charge < -0.3 is 25.5 Å². The molecule has 4 N–H and O–H groups in total. The van der Waals surface area contributed by atoms with Crippen molar-refractivity contribution < 1.29 is 19.1 Å². The molecule has 3 rings (SSSR count). The van der Waals surface area contributed by atoms with Gasteiger partial charge in [-0.05, 0) is 59.5 Å². The third-order valence-corrected chi connectivity index (χ3v) is 4.97. The maximum Gasteiger partial charge on any atom is 0.259 e. The highest BCUT2D eigenvalue weighted by Gasteiger charge is 2.26. The second kappa shape index (κ2) is 9.60. The number of nitrogens with one attached hydrogen (secondary N) is 2. The lowest BCUT2D eigenvalue weighted by molar-refractivity contribution is -0.119. The van der Waals surface area contributed by atoms with Gasteiger partial charge in [0.05, 0.1) is 12.7 Å². The number of carbonyl (C=O) groups excluding carboxylic acids is 2. The van der Waals surface area contributed by atoms with Crippen LogP contribution in [0.1, 0.15) is 36.7 Å². The minimum atomic E-state index is -0.578. The van der Waals surface area contributed by atoms with Crippen molar-refractivity contribution in [3.8, 4) is 22.6 Å². The van der Waals surface area contributed by atoms with Crippen LogP contribution in [0.3, 0.4) is 0 Å². The van der Waals surface area contributed by atoms with Crippen molar-refractivity contribution in [1.82, 2.24) is 4.98 Å². The van der Waals surface area contributed by atoms with Crippen molar-refractivity contribution in [1.29, 1.82) is 0 Å². The molecule has 2 aromatic carbocycles. The first-order chi connectivity index (χ1) is 15.6. The molecular weight excluding hydrogens is 422 g/mol. The Morgan fingerprint density at radius 3 is 2.36 bits per heavy atom. The molecule has 8 heteroatoms. The molecule has 1 heterocycles. The SMILES string of the molecule is COc1c(C(=O)Nc2ccc(OCC(N)=O)cc2)cc(-c2ccc[nH]c2=O)cc1C(C)(C)C. The number of amides is 2. The van der Waals surface area contributed by atoms with E-state index in [2.05, 4.69) is 10.3 Å². The molecule has 3 aromatic rings. The van der Waals surface area contributed by atoms with Crippen LogP contribution in [0.15, 0.2) is 59.5 Å². The molecule has 2 amide bonds. The first-order valence-electron chi connectivity index (χ1n) is 10.3. The molecule has 0 spiro atoms. The molecular formula is C25H27N3O5. The number of pyridine rings is 1. The highest BCUT2D eigenvalue weighted by molar-refractivity contribution is 6.07. The zero-order valence-corrected chi connectivity index (χ0v) is 19.0. The lowest BCUT2D eigenvalue weighted by atomic mass is 9.83. The molecule has 0 saturated heterocycles. The molecule has 0 bridgehead atoms. The molecule has 0 saturated carbocycles. The Labute approximate surface area is 191 Å². The number of hydrogen-bond acceptors (Lipinski definition) is 5. The van der Waals surface area contributed by atoms with Crippen molar-refractivity contribution >= 4 is 17.5 Å². The van der Waals surface area contributed by atoms with Crippen molar-refractivity contribution in [3.63, 3.8) is 0 Å². The van der Waals surface area contributed by atoms with E-state index in [1.807, 2.05) is 26.8 Å². The number of carbonyl (C=O) groups is 2. The molecule has 172 valence electrons. The molecule has 0 aliphatic carbocycles. The minimum Gasteiger partial charge on any atom is -0.496 e. The molecule has 1 aromatic heterocycles. The van der Waals surface area contributed by atoms with Crippen molar-refractivity contribution in [3.05, 3.63) is 76.2 Å². The van der Waals surface area contributed by atoms with Crippen LogP contribution in [0.5, 0.6) is 11.5 Å². The van der Waals surface area contributed by atoms with Gasteiger partial charge in [0, 0.05) is 23.0 Å². The summed E-state index contributed by atoms with van der Waals surface area (Å²) in [6.07, 6.45) is 1.56. The summed E-state index contributed by atoms with van der Waals surface area (Å²) in [7, 11) is 1.52. The summed E-state index contributed by atoms with van der Waals surface area (Å²) >= 11 is 0. The number of nitrogens with two attached hydrogens (primary N) is 1. The summed E-state index contributed by atoms with van der Waals surface area (Å²) in [5.41, 5.74) is 7.17. The normalized spacial score (nSPS) is 11.0. The fraction of sp³-hybridized carbons (Fsp3) is 0.240. The average Bonchev–Trinajstić information content (AvgIpc) is 2.77. The Bertz CT molecular complexity index is 1220. The van der Waals surface area contributed by atoms with Crippen molar-refractivity contribution in [2.45, 2.75) is 26.2 Å². The predicted molar refractivity (Wildman–Crippen MR) is 127 cm³/mol. The Kier molecular flexibility index (Phi) is 6.86. The highest BCUT2D eigenvalue weighted by atomic mass is 16.5. The van der Waals surface area contributed by atoms with Gasteiger partial charge in [0.1, 0.15) is 11.5 Å². The van der Waals surface area contributed by atoms with E-state index in [-0.39, 0.29) is 17.6 Å². The van der Waals surface area contributed by atoms with Gasteiger partial charge in [0.25, 0.3) is 17.4 Å². The summed E-state index contributed by atoms with van der Waals surface area (Å²) in [5.74, 6) is -0.0779. The van der Waals surface area contributed by atoms with Crippen LogP contribution in [0.2, 0.25) is 0 Å². The second-order valence-electron chi connectivity index (χ2n) is 8.50. The van der Waals surface area contributed by atoms with Crippen molar-refractivity contribution in [2.75, 3.05) is 19.0 Å². The van der Waals surface area contributed by atoms with E-state index in [9.17, 15) is 14.4 Å². The van der Waals surface area contributed by atoms with Crippen LogP contribution in [0.25, 0.3) is 11.1 Å². The van der Waals surface area contributed by atoms with Gasteiger partial charge in [0.15, 0.2) is 6.61 Å². The molecule has 0 atom stereocenters. The van der Waals surface area contributed by atoms with E-state index in [4.69, 9.17) is 15.2 Å². The van der Waals surface area contributed by atoms with Crippen molar-refractivity contribution in [2.24, 2.45) is 5.73 Å². The number of H-pyrrole nitrogens is 1. The van der Waals surface area contributed by atoms with Crippen LogP contribution in [0, 0.1) is 0 Å². The second-order valence-corrected chi connectivity index (χ2v) is 8.50. The van der Waals surface area contributed by atoms with Gasteiger partial charge in [-0.25, -0.2) is 0 Å². The number of anilines is 1. The van der Waals surface area contributed by atoms with Crippen LogP contribution in [-0.2, 0) is 10.2 Å². The van der Waals surface area contributed by atoms with Crippen LogP contribution < -0.4 is 26.1 Å². The first kappa shape index (κ1) is 23.6. The molecule has 0 radical (unpaired) electrons. The Morgan fingerprint density at radius 2 is 1.79 bits per heavy atom. The van der Waals surface area contributed by atoms with E-state index in [1.54, 1.807) is 48.7 Å². The predicted octanol–water partition coefficient (Wildman–Crippen LogP) is 3.46. The van der Waals surface area contributed by atoms with E-state index < -0.39 is 11.8 Å². The number of aromatic nitrogens is 1. The van der Waals surface area contributed by atoms with Gasteiger partial charge in [-0.15, -0.1) is 0 Å². The summed E-state index contributed by atoms with van der Waals surface area (Å²) in [4.78, 5) is 39.2. The monoisotopic (exact) mass is 449 g/mol. The van der Waals surface area contributed by atoms with E-state index in [0.717, 1.165) is 5.56 Å². The van der Waals surface area contributed by atoms with E-state index >= 15 is 0 Å². The summed E-state index contributed by atoms with van der Waals surface area (Å²) in [5, 5.41) is 2.84. The van der Waals surface area contributed by atoms with Gasteiger partial charge in [-0.3, -0.25) is 14.4 Å². The topological polar surface area (TPSA) is 124 Å². The number of aromatic amines is 1. The Hall–Kier alpha value is -4.07. The van der Waals surface area contributed by atoms with Gasteiger partial charge >= 0.3 is 0 Å². The van der Waals surface area contributed by atoms with Gasteiger partial charge in [-0.2, -0.15) is 0 Å². The zero-order valence-electron chi connectivity index (χ0n) is 19.0. The zero-order chi connectivity index (χ0) is 24.2. The highest BCUT2D eigenvalue weighted by Crippen LogP contribution is 2.38. The average molecular weight is 450 g/mol. The number of primary amides is 1. The third kappa shape index (κ3) is 5.60. The van der Waals surface area contributed by atoms with E-state index in [1.165, 1.54) is 7.11 Å². The molecule has 8 nitrogen and oxygen atoms in total. The number of ether oxygens (including phenoxy) is 2. The van der Waals surface area contributed by atoms with Crippen LogP contribution in [0.4, 0.5) is 5.69 Å². The molecule has 0 aliphatic heterocycles. The maximum atomic E-state index is 13.3. The van der Waals surface area contributed by atoms with Gasteiger partial charge in [0.2, 0.25) is 0 Å². The number of benzene rings is 2. The standard InChI is InChI=1S/C25H27N3O5/c1-25(2,3)20-13-15(18-6-5-11-27-23(18)30)12-19(22(20)32-4)24(31)28-16-7-9-17(10-8-16)33-14-21(26)29/h5-13H,14H2,1-4H3,(H2,26,29)(H,27,30)(H,28,31). The molecule has 0 aliphatic rings. The largest absolute Gasteiger partial charge is 0.496 e. The van der Waals surface area contributed by atoms with Crippen LogP contribution in [-0.4, -0.2) is 30.5 Å². The number of methoxy groups -OCH3 is 1. The van der Waals surface area contributed by atoms with E-state index in [0.29, 0.717) is 33.9 Å². The fourth-order valence-corrected chi connectivity index (χ4v) is 3.37. The Morgan fingerprint density at radius 1 is 1.09 bits per heavy atom. The quantitative estimate of drug-likeness (QED) is 0.510. The molecule has 0 unspecified atom stereocenters. The summed E-state index contributed by atoms with van der Waals surface area (Å²) in [6.45, 7) is 5.80. The molecule has 33 heavy (non-hydrogen) atoms. The summed E-state index contributed by atoms with van der Waals surface area (Å²) in [6, 6.07) is 13.5. The maximum absolute atomic E-state index is 13.3. The minimum absolute atomic E-state index is 0.232. The third-order valence-electron chi connectivity index (χ3n) is 4.97. The number of rotatable bonds is 7.